The third-order valence-corrected chi connectivity index (χ3v) is 4.06. The number of amidine groups is 1. The fourth-order valence-corrected chi connectivity index (χ4v) is 2.43. The highest BCUT2D eigenvalue weighted by Gasteiger charge is 2.11. The van der Waals surface area contributed by atoms with E-state index in [4.69, 9.17) is 0 Å². The van der Waals surface area contributed by atoms with Crippen molar-refractivity contribution < 1.29 is 13.0 Å². The molecule has 5 N–H and O–H groups in total. The summed E-state index contributed by atoms with van der Waals surface area (Å²) in [6.07, 6.45) is -0.481. The van der Waals surface area contributed by atoms with Crippen LogP contribution in [0.4, 0.5) is 5.69 Å². The highest BCUT2D eigenvalue weighted by atomic mass is 32.2. The Bertz CT molecular complexity index is 894. The van der Waals surface area contributed by atoms with Crippen molar-refractivity contribution in [2.75, 3.05) is 5.43 Å². The van der Waals surface area contributed by atoms with Gasteiger partial charge in [-0.05, 0) is 24.3 Å². The molecule has 0 aromatic heterocycles. The van der Waals surface area contributed by atoms with E-state index in [-0.39, 0.29) is 4.90 Å². The smallest absolute Gasteiger partial charge is 0.201 e. The summed E-state index contributed by atoms with van der Waals surface area (Å²) in [6, 6.07) is 14.4. The molecule has 0 atom stereocenters. The molecule has 1 saturated heterocycles. The van der Waals surface area contributed by atoms with Gasteiger partial charge in [0.05, 0.1) is 10.6 Å². The van der Waals surface area contributed by atoms with Crippen LogP contribution >= 0.6 is 0 Å². The van der Waals surface area contributed by atoms with E-state index in [1.54, 1.807) is 0 Å². The van der Waals surface area contributed by atoms with Gasteiger partial charge in [0.2, 0.25) is 12.1 Å². The SMILES string of the molecule is O=S(=O)([O-])c1ccc(N/N=C(/N=NC2NNNN2)c2ccccc2)cc1. The van der Waals surface area contributed by atoms with Crippen molar-refractivity contribution in [3.8, 4) is 0 Å². The number of nitrogens with zero attached hydrogens (tertiary/aromatic N) is 3. The van der Waals surface area contributed by atoms with Crippen LogP contribution in [0.5, 0.6) is 0 Å². The van der Waals surface area contributed by atoms with Crippen molar-refractivity contribution in [1.29, 1.82) is 0 Å². The highest BCUT2D eigenvalue weighted by Crippen LogP contribution is 2.14. The predicted molar refractivity (Wildman–Crippen MR) is 92.2 cm³/mol. The van der Waals surface area contributed by atoms with E-state index in [2.05, 4.69) is 42.7 Å². The molecular formula is C14H15N8O3S-. The summed E-state index contributed by atoms with van der Waals surface area (Å²) in [5.41, 5.74) is 14.7. The predicted octanol–water partition coefficient (Wildman–Crippen LogP) is 0.217. The van der Waals surface area contributed by atoms with Crippen LogP contribution in [0.1, 0.15) is 5.56 Å². The first-order valence-corrected chi connectivity index (χ1v) is 8.80. The van der Waals surface area contributed by atoms with Gasteiger partial charge in [-0.25, -0.2) is 19.3 Å². The van der Waals surface area contributed by atoms with E-state index in [1.165, 1.54) is 24.3 Å². The molecule has 0 unspecified atom stereocenters. The van der Waals surface area contributed by atoms with Crippen LogP contribution in [-0.2, 0) is 10.1 Å². The molecule has 0 bridgehead atoms. The Balaban J connectivity index is 1.79. The topological polar surface area (TPSA) is 154 Å². The molecule has 12 heteroatoms. The van der Waals surface area contributed by atoms with Gasteiger partial charge in [-0.2, -0.15) is 16.2 Å². The minimum Gasteiger partial charge on any atom is -0.744 e. The van der Waals surface area contributed by atoms with Crippen molar-refractivity contribution in [3.05, 3.63) is 60.2 Å². The van der Waals surface area contributed by atoms with Gasteiger partial charge in [-0.15, -0.1) is 10.2 Å². The van der Waals surface area contributed by atoms with Crippen LogP contribution in [0.2, 0.25) is 0 Å². The summed E-state index contributed by atoms with van der Waals surface area (Å²) in [6.45, 7) is 0. The molecule has 0 radical (unpaired) electrons. The average Bonchev–Trinajstić information content (AvgIpc) is 3.16. The van der Waals surface area contributed by atoms with E-state index < -0.39 is 16.4 Å². The molecule has 0 amide bonds. The first-order valence-electron chi connectivity index (χ1n) is 7.39. The Morgan fingerprint density at radius 3 is 2.27 bits per heavy atom. The van der Waals surface area contributed by atoms with Crippen molar-refractivity contribution in [1.82, 2.24) is 21.9 Å². The number of hydrogen-bond acceptors (Lipinski definition) is 10. The maximum atomic E-state index is 11.0. The monoisotopic (exact) mass is 375 g/mol. The molecule has 2 aromatic rings. The van der Waals surface area contributed by atoms with Crippen LogP contribution < -0.4 is 27.3 Å². The number of nitrogens with one attached hydrogen (secondary N) is 5. The van der Waals surface area contributed by atoms with Crippen molar-refractivity contribution in [2.24, 2.45) is 15.3 Å². The molecular weight excluding hydrogens is 360 g/mol. The zero-order valence-electron chi connectivity index (χ0n) is 13.2. The zero-order valence-corrected chi connectivity index (χ0v) is 14.1. The lowest BCUT2D eigenvalue weighted by molar-refractivity contribution is 0.463. The number of hydrogen-bond donors (Lipinski definition) is 5. The fraction of sp³-hybridized carbons (Fsp3) is 0.0714. The molecule has 26 heavy (non-hydrogen) atoms. The van der Waals surface area contributed by atoms with E-state index >= 15 is 0 Å². The Kier molecular flexibility index (Phi) is 5.62. The molecule has 0 aliphatic carbocycles. The number of benzene rings is 2. The van der Waals surface area contributed by atoms with Gasteiger partial charge >= 0.3 is 0 Å². The zero-order chi connectivity index (χ0) is 18.4. The molecule has 1 aliphatic heterocycles. The standard InChI is InChI=1S/C14H16N8O3S/c23-26(24,25)12-8-6-11(7-9-12)15-16-13(10-4-2-1-3-5-10)17-18-14-19-21-22-20-14/h1-9,14-15,19-22H,(H,23,24,25)/p-1/b16-13+,18-17?. The number of hydrazone groups is 1. The number of azo groups is 1. The summed E-state index contributed by atoms with van der Waals surface area (Å²) in [4.78, 5) is -0.312. The van der Waals surface area contributed by atoms with Crippen LogP contribution in [0.25, 0.3) is 0 Å². The van der Waals surface area contributed by atoms with E-state index in [0.29, 0.717) is 11.5 Å². The largest absolute Gasteiger partial charge is 0.744 e. The molecule has 136 valence electrons. The first kappa shape index (κ1) is 18.1. The highest BCUT2D eigenvalue weighted by molar-refractivity contribution is 7.85. The van der Waals surface area contributed by atoms with Gasteiger partial charge in [0.15, 0.2) is 0 Å². The quantitative estimate of drug-likeness (QED) is 0.163. The van der Waals surface area contributed by atoms with Gasteiger partial charge in [-0.1, -0.05) is 30.3 Å². The van der Waals surface area contributed by atoms with E-state index in [1.807, 2.05) is 30.3 Å². The summed E-state index contributed by atoms with van der Waals surface area (Å²) < 4.78 is 32.9. The van der Waals surface area contributed by atoms with E-state index in [9.17, 15) is 13.0 Å². The van der Waals surface area contributed by atoms with Crippen LogP contribution in [-0.4, -0.2) is 25.1 Å². The van der Waals surface area contributed by atoms with Gasteiger partial charge in [0, 0.05) is 5.56 Å². The molecule has 11 nitrogen and oxygen atoms in total. The Labute approximate surface area is 149 Å². The fourth-order valence-electron chi connectivity index (χ4n) is 1.96. The van der Waals surface area contributed by atoms with Gasteiger partial charge in [-0.3, -0.25) is 5.43 Å². The average molecular weight is 375 g/mol. The lowest BCUT2D eigenvalue weighted by Crippen LogP contribution is -2.33. The summed E-state index contributed by atoms with van der Waals surface area (Å²) in [7, 11) is -4.48. The van der Waals surface area contributed by atoms with Gasteiger partial charge < -0.3 is 4.55 Å². The lowest BCUT2D eigenvalue weighted by Gasteiger charge is -2.08. The summed E-state index contributed by atoms with van der Waals surface area (Å²) >= 11 is 0. The second kappa shape index (κ2) is 8.09. The summed E-state index contributed by atoms with van der Waals surface area (Å²) in [5, 5.41) is 12.4. The van der Waals surface area contributed by atoms with Crippen molar-refractivity contribution >= 4 is 21.6 Å². The lowest BCUT2D eigenvalue weighted by atomic mass is 10.2. The molecule has 0 spiro atoms. The number of anilines is 1. The second-order valence-electron chi connectivity index (χ2n) is 5.05. The third kappa shape index (κ3) is 4.89. The second-order valence-corrected chi connectivity index (χ2v) is 6.43. The Morgan fingerprint density at radius 1 is 1.00 bits per heavy atom. The molecule has 0 saturated carbocycles. The third-order valence-electron chi connectivity index (χ3n) is 3.21. The van der Waals surface area contributed by atoms with Gasteiger partial charge in [0.1, 0.15) is 10.1 Å². The maximum absolute atomic E-state index is 11.0. The molecule has 3 rings (SSSR count). The number of rotatable bonds is 5. The molecule has 1 heterocycles. The summed E-state index contributed by atoms with van der Waals surface area (Å²) in [5.74, 6) is 0.307. The number of hydrazine groups is 3. The Morgan fingerprint density at radius 2 is 1.65 bits per heavy atom. The molecule has 1 aliphatic rings. The first-order chi connectivity index (χ1) is 12.5. The van der Waals surface area contributed by atoms with Crippen LogP contribution in [0.15, 0.2) is 74.8 Å². The van der Waals surface area contributed by atoms with Crippen LogP contribution in [0.3, 0.4) is 0 Å². The Hall–Kier alpha value is -2.74. The molecule has 2 aromatic carbocycles. The minimum absolute atomic E-state index is 0.307. The van der Waals surface area contributed by atoms with Crippen LogP contribution in [0, 0.1) is 0 Å². The van der Waals surface area contributed by atoms with Crippen molar-refractivity contribution in [3.63, 3.8) is 0 Å². The maximum Gasteiger partial charge on any atom is 0.201 e. The van der Waals surface area contributed by atoms with E-state index in [0.717, 1.165) is 5.56 Å². The minimum atomic E-state index is -4.48. The normalized spacial score (nSPS) is 16.3. The van der Waals surface area contributed by atoms with Crippen molar-refractivity contribution in [2.45, 2.75) is 11.2 Å². The van der Waals surface area contributed by atoms with Gasteiger partial charge in [0.25, 0.3) is 0 Å². The molecule has 1 fully saturated rings.